The molecule has 0 unspecified atom stereocenters. The van der Waals surface area contributed by atoms with Crippen LogP contribution >= 0.6 is 7.92 Å². The lowest BCUT2D eigenvalue weighted by Gasteiger charge is -2.17. The fourth-order valence-electron chi connectivity index (χ4n) is 3.49. The van der Waals surface area contributed by atoms with Crippen LogP contribution in [0.4, 0.5) is 0 Å². The third kappa shape index (κ3) is 5.92. The second-order valence-corrected chi connectivity index (χ2v) is 8.91. The summed E-state index contributed by atoms with van der Waals surface area (Å²) in [6.45, 7) is 4.59. The van der Waals surface area contributed by atoms with Crippen LogP contribution < -0.4 is 5.30 Å². The molecular formula is C22H33P. The minimum Gasteiger partial charge on any atom is -0.0845 e. The molecule has 1 aromatic rings. The Bertz CT molecular complexity index is 493. The minimum atomic E-state index is 0.211. The lowest BCUT2D eigenvalue weighted by Crippen LogP contribution is -2.11. The van der Waals surface area contributed by atoms with Crippen molar-refractivity contribution in [1.82, 2.24) is 0 Å². The molecule has 0 spiro atoms. The molecule has 3 rings (SSSR count). The van der Waals surface area contributed by atoms with Crippen LogP contribution in [-0.4, -0.2) is 12.3 Å². The topological polar surface area (TPSA) is 0 Å². The number of aryl methyl sites for hydroxylation is 1. The summed E-state index contributed by atoms with van der Waals surface area (Å²) in [4.78, 5) is 0. The van der Waals surface area contributed by atoms with E-state index in [0.717, 1.165) is 0 Å². The van der Waals surface area contributed by atoms with Crippen molar-refractivity contribution in [2.24, 2.45) is 0 Å². The summed E-state index contributed by atoms with van der Waals surface area (Å²) in [5.74, 6) is 0. The van der Waals surface area contributed by atoms with Crippen LogP contribution in [0.2, 0.25) is 0 Å². The largest absolute Gasteiger partial charge is 0.0845 e. The Hall–Kier alpha value is -0.870. The van der Waals surface area contributed by atoms with Gasteiger partial charge in [-0.15, -0.1) is 0 Å². The SMILES string of the molecule is C1=C\CCCC\C=C/1.CCc1cccc(P2CCCC2)c1CC. The number of benzene rings is 1. The molecule has 0 amide bonds. The molecule has 1 heterocycles. The Labute approximate surface area is 144 Å². The third-order valence-corrected chi connectivity index (χ3v) is 7.62. The van der Waals surface area contributed by atoms with E-state index in [9.17, 15) is 0 Å². The fourth-order valence-corrected chi connectivity index (χ4v) is 6.39. The molecule has 0 radical (unpaired) electrons. The average molecular weight is 328 g/mol. The zero-order valence-corrected chi connectivity index (χ0v) is 16.0. The Morgan fingerprint density at radius 3 is 2.04 bits per heavy atom. The molecule has 1 aliphatic heterocycles. The van der Waals surface area contributed by atoms with Crippen LogP contribution in [-0.2, 0) is 12.8 Å². The summed E-state index contributed by atoms with van der Waals surface area (Å²) in [5.41, 5.74) is 3.26. The van der Waals surface area contributed by atoms with E-state index in [0.29, 0.717) is 0 Å². The molecule has 0 atom stereocenters. The predicted molar refractivity (Wildman–Crippen MR) is 107 cm³/mol. The molecule has 23 heavy (non-hydrogen) atoms. The standard InChI is InChI=1S/C14H21P.C8H12/c1-3-12-8-7-9-14(13(12)4-2)15-10-5-6-11-15;1-2-4-6-8-7-5-3-1/h7-9H,3-6,10-11H2,1-2H3;1-4H,5-8H2/b;3-1-,4-2-. The normalized spacial score (nSPS) is 21.0. The van der Waals surface area contributed by atoms with Gasteiger partial charge >= 0.3 is 0 Å². The first-order chi connectivity index (χ1) is 11.4. The summed E-state index contributed by atoms with van der Waals surface area (Å²) in [7, 11) is 0.211. The van der Waals surface area contributed by atoms with Gasteiger partial charge in [-0.3, -0.25) is 0 Å². The molecule has 1 saturated heterocycles. The van der Waals surface area contributed by atoms with Gasteiger partial charge in [0.15, 0.2) is 0 Å². The second kappa shape index (κ2) is 10.8. The average Bonchev–Trinajstić information content (AvgIpc) is 3.08. The van der Waals surface area contributed by atoms with Gasteiger partial charge in [0.2, 0.25) is 0 Å². The van der Waals surface area contributed by atoms with Crippen molar-refractivity contribution in [3.05, 3.63) is 53.6 Å². The van der Waals surface area contributed by atoms with Gasteiger partial charge in [-0.05, 0) is 80.1 Å². The molecule has 0 nitrogen and oxygen atoms in total. The molecule has 126 valence electrons. The monoisotopic (exact) mass is 328 g/mol. The maximum Gasteiger partial charge on any atom is -0.0206 e. The van der Waals surface area contributed by atoms with Crippen LogP contribution in [0.5, 0.6) is 0 Å². The lowest BCUT2D eigenvalue weighted by molar-refractivity contribution is 0.758. The van der Waals surface area contributed by atoms with Gasteiger partial charge in [0.05, 0.1) is 0 Å². The Kier molecular flexibility index (Phi) is 8.69. The summed E-state index contributed by atoms with van der Waals surface area (Å²) >= 11 is 0. The summed E-state index contributed by atoms with van der Waals surface area (Å²) in [6, 6.07) is 6.98. The molecular weight excluding hydrogens is 295 g/mol. The summed E-state index contributed by atoms with van der Waals surface area (Å²) < 4.78 is 0. The molecule has 0 bridgehead atoms. The van der Waals surface area contributed by atoms with E-state index < -0.39 is 0 Å². The highest BCUT2D eigenvalue weighted by Crippen LogP contribution is 2.43. The van der Waals surface area contributed by atoms with Crippen molar-refractivity contribution in [3.8, 4) is 0 Å². The van der Waals surface area contributed by atoms with Crippen LogP contribution in [0.15, 0.2) is 42.5 Å². The van der Waals surface area contributed by atoms with E-state index >= 15 is 0 Å². The van der Waals surface area contributed by atoms with Gasteiger partial charge in [0.25, 0.3) is 0 Å². The van der Waals surface area contributed by atoms with Crippen molar-refractivity contribution < 1.29 is 0 Å². The van der Waals surface area contributed by atoms with Crippen molar-refractivity contribution >= 4 is 13.2 Å². The first-order valence-electron chi connectivity index (χ1n) is 9.54. The van der Waals surface area contributed by atoms with Crippen molar-refractivity contribution in [3.63, 3.8) is 0 Å². The molecule has 2 aliphatic rings. The van der Waals surface area contributed by atoms with Gasteiger partial charge in [0, 0.05) is 0 Å². The highest BCUT2D eigenvalue weighted by molar-refractivity contribution is 7.66. The molecule has 0 saturated carbocycles. The van der Waals surface area contributed by atoms with Crippen LogP contribution in [0.25, 0.3) is 0 Å². The molecule has 1 fully saturated rings. The Morgan fingerprint density at radius 2 is 1.48 bits per heavy atom. The first-order valence-corrected chi connectivity index (χ1v) is 11.3. The highest BCUT2D eigenvalue weighted by atomic mass is 31.1. The third-order valence-electron chi connectivity index (χ3n) is 4.80. The molecule has 0 aromatic heterocycles. The minimum absolute atomic E-state index is 0.211. The Balaban J connectivity index is 0.000000203. The van der Waals surface area contributed by atoms with E-state index in [1.807, 2.05) is 0 Å². The number of hydrogen-bond donors (Lipinski definition) is 0. The number of hydrogen-bond acceptors (Lipinski definition) is 0. The molecule has 1 heteroatoms. The summed E-state index contributed by atoms with van der Waals surface area (Å²) in [5, 5.41) is 1.73. The number of rotatable bonds is 3. The maximum atomic E-state index is 2.40. The zero-order valence-electron chi connectivity index (χ0n) is 15.1. The Morgan fingerprint density at radius 1 is 0.826 bits per heavy atom. The van der Waals surface area contributed by atoms with E-state index in [1.54, 1.807) is 16.4 Å². The highest BCUT2D eigenvalue weighted by Gasteiger charge is 2.19. The molecule has 0 N–H and O–H groups in total. The smallest absolute Gasteiger partial charge is 0.0206 e. The van der Waals surface area contributed by atoms with E-state index in [4.69, 9.17) is 0 Å². The van der Waals surface area contributed by atoms with Gasteiger partial charge < -0.3 is 0 Å². The van der Waals surface area contributed by atoms with Gasteiger partial charge in [-0.25, -0.2) is 0 Å². The van der Waals surface area contributed by atoms with Gasteiger partial charge in [-0.2, -0.15) is 0 Å². The fraction of sp³-hybridized carbons (Fsp3) is 0.545. The predicted octanol–water partition coefficient (Wildman–Crippen LogP) is 6.39. The molecule has 1 aliphatic carbocycles. The second-order valence-electron chi connectivity index (χ2n) is 6.46. The molecule has 1 aromatic carbocycles. The van der Waals surface area contributed by atoms with E-state index in [1.165, 1.54) is 63.7 Å². The van der Waals surface area contributed by atoms with Crippen molar-refractivity contribution in [1.29, 1.82) is 0 Å². The van der Waals surface area contributed by atoms with Crippen molar-refractivity contribution in [2.75, 3.05) is 12.3 Å². The van der Waals surface area contributed by atoms with Crippen LogP contribution in [0.3, 0.4) is 0 Å². The lowest BCUT2D eigenvalue weighted by atomic mass is 10.0. The quantitative estimate of drug-likeness (QED) is 0.564. The van der Waals surface area contributed by atoms with Gasteiger partial charge in [0.1, 0.15) is 0 Å². The zero-order chi connectivity index (χ0) is 16.3. The first kappa shape index (κ1) is 18.5. The maximum absolute atomic E-state index is 2.40. The number of allylic oxidation sites excluding steroid dienone is 4. The van der Waals surface area contributed by atoms with Crippen LogP contribution in [0, 0.1) is 0 Å². The van der Waals surface area contributed by atoms with E-state index in [2.05, 4.69) is 56.4 Å². The van der Waals surface area contributed by atoms with Gasteiger partial charge in [-0.1, -0.05) is 64.3 Å². The van der Waals surface area contributed by atoms with Crippen molar-refractivity contribution in [2.45, 2.75) is 65.2 Å². The van der Waals surface area contributed by atoms with Crippen LogP contribution in [0.1, 0.15) is 63.5 Å². The van der Waals surface area contributed by atoms with E-state index in [-0.39, 0.29) is 7.92 Å². The summed E-state index contributed by atoms with van der Waals surface area (Å²) in [6.07, 6.45) is 22.3.